The van der Waals surface area contributed by atoms with Crippen LogP contribution in [0.1, 0.15) is 25.7 Å². The highest BCUT2D eigenvalue weighted by atomic mass is 32.2. The lowest BCUT2D eigenvalue weighted by Crippen LogP contribution is -2.38. The van der Waals surface area contributed by atoms with E-state index in [9.17, 15) is 9.18 Å². The second-order valence-corrected chi connectivity index (χ2v) is 7.69. The van der Waals surface area contributed by atoms with Crippen LogP contribution in [0.4, 0.5) is 10.3 Å². The molecule has 0 amide bonds. The van der Waals surface area contributed by atoms with Gasteiger partial charge >= 0.3 is 0 Å². The molecule has 1 aromatic carbocycles. The number of benzene rings is 1. The topological polar surface area (TPSA) is 60.3 Å². The highest BCUT2D eigenvalue weighted by molar-refractivity contribution is 8.00. The number of hydrogen-bond acceptors (Lipinski definition) is 6. The van der Waals surface area contributed by atoms with E-state index in [4.69, 9.17) is 4.74 Å². The summed E-state index contributed by atoms with van der Waals surface area (Å²) in [7, 11) is 0. The molecule has 0 N–H and O–H groups in total. The van der Waals surface area contributed by atoms with Gasteiger partial charge in [0.2, 0.25) is 5.95 Å². The summed E-state index contributed by atoms with van der Waals surface area (Å²) in [4.78, 5) is 14.3. The van der Waals surface area contributed by atoms with Crippen LogP contribution in [0.15, 0.2) is 29.4 Å². The lowest BCUT2D eigenvalue weighted by atomic mass is 9.99. The molecule has 0 bridgehead atoms. The molecule has 2 aliphatic rings. The molecule has 1 aromatic heterocycles. The van der Waals surface area contributed by atoms with E-state index in [2.05, 4.69) is 15.1 Å². The van der Waals surface area contributed by atoms with Crippen LogP contribution in [0.3, 0.4) is 0 Å². The molecule has 2 heterocycles. The van der Waals surface area contributed by atoms with Gasteiger partial charge < -0.3 is 9.64 Å². The highest BCUT2D eigenvalue weighted by Crippen LogP contribution is 2.34. The van der Waals surface area contributed by atoms with Gasteiger partial charge in [-0.1, -0.05) is 24.2 Å². The zero-order valence-corrected chi connectivity index (χ0v) is 15.3. The minimum Gasteiger partial charge on any atom is -0.378 e. The van der Waals surface area contributed by atoms with E-state index in [0.29, 0.717) is 49.5 Å². The zero-order valence-electron chi connectivity index (χ0n) is 14.4. The van der Waals surface area contributed by atoms with Gasteiger partial charge in [0.25, 0.3) is 0 Å². The van der Waals surface area contributed by atoms with E-state index in [1.165, 1.54) is 23.9 Å². The lowest BCUT2D eigenvalue weighted by Gasteiger charge is -2.28. The van der Waals surface area contributed by atoms with E-state index in [1.54, 1.807) is 6.07 Å². The van der Waals surface area contributed by atoms with Crippen LogP contribution in [-0.2, 0) is 9.53 Å². The summed E-state index contributed by atoms with van der Waals surface area (Å²) in [6, 6.07) is 6.40. The van der Waals surface area contributed by atoms with Crippen molar-refractivity contribution in [2.45, 2.75) is 36.1 Å². The smallest absolute Gasteiger partial charge is 0.232 e. The molecule has 4 rings (SSSR count). The number of hydrogen-bond donors (Lipinski definition) is 0. The van der Waals surface area contributed by atoms with Crippen molar-refractivity contribution in [3.63, 3.8) is 0 Å². The molecule has 0 unspecified atom stereocenters. The largest absolute Gasteiger partial charge is 0.378 e. The van der Waals surface area contributed by atoms with E-state index in [1.807, 2.05) is 10.6 Å². The average Bonchev–Trinajstić information content (AvgIpc) is 3.08. The number of rotatable bonds is 4. The molecule has 0 spiro atoms. The average molecular weight is 376 g/mol. The fourth-order valence-corrected chi connectivity index (χ4v) is 4.52. The van der Waals surface area contributed by atoms with Crippen molar-refractivity contribution in [2.24, 2.45) is 0 Å². The third-order valence-electron chi connectivity index (χ3n) is 4.72. The molecule has 1 atom stereocenters. The lowest BCUT2D eigenvalue weighted by molar-refractivity contribution is -0.119. The number of Topliss-reactive ketones (excluding diaryl/α,β-unsaturated/α-hetero) is 1. The van der Waals surface area contributed by atoms with Crippen molar-refractivity contribution < 1.29 is 13.9 Å². The van der Waals surface area contributed by atoms with Crippen LogP contribution in [-0.4, -0.2) is 52.1 Å². The Kier molecular flexibility index (Phi) is 5.21. The molecule has 1 aliphatic carbocycles. The predicted octanol–water partition coefficient (Wildman–Crippen LogP) is 2.85. The van der Waals surface area contributed by atoms with Crippen LogP contribution in [0.25, 0.3) is 5.69 Å². The Labute approximate surface area is 155 Å². The van der Waals surface area contributed by atoms with Gasteiger partial charge in [0.15, 0.2) is 5.16 Å². The van der Waals surface area contributed by atoms with Crippen molar-refractivity contribution in [3.05, 3.63) is 30.1 Å². The fourth-order valence-electron chi connectivity index (χ4n) is 3.35. The first-order valence-corrected chi connectivity index (χ1v) is 9.84. The number of ether oxygens (including phenoxy) is 1. The predicted molar refractivity (Wildman–Crippen MR) is 97.5 cm³/mol. The summed E-state index contributed by atoms with van der Waals surface area (Å²) in [5, 5.41) is 9.25. The Morgan fingerprint density at radius 1 is 1.19 bits per heavy atom. The summed E-state index contributed by atoms with van der Waals surface area (Å²) in [6.07, 6.45) is 3.49. The van der Waals surface area contributed by atoms with Crippen molar-refractivity contribution in [2.75, 3.05) is 31.2 Å². The summed E-state index contributed by atoms with van der Waals surface area (Å²) >= 11 is 1.44. The van der Waals surface area contributed by atoms with Crippen LogP contribution in [0, 0.1) is 5.82 Å². The van der Waals surface area contributed by atoms with E-state index in [-0.39, 0.29) is 16.9 Å². The maximum atomic E-state index is 13.8. The summed E-state index contributed by atoms with van der Waals surface area (Å²) in [6.45, 7) is 2.67. The number of nitrogens with zero attached hydrogens (tertiary/aromatic N) is 4. The van der Waals surface area contributed by atoms with E-state index < -0.39 is 0 Å². The molecule has 6 nitrogen and oxygen atoms in total. The second-order valence-electron chi connectivity index (χ2n) is 6.52. The van der Waals surface area contributed by atoms with Crippen LogP contribution in [0.5, 0.6) is 0 Å². The standard InChI is InChI=1S/C18H21FN4O2S/c19-13-4-3-5-14(12-13)23-17(22-8-10-25-11-9-22)20-21-18(23)26-16-7-2-1-6-15(16)24/h3-5,12,16H,1-2,6-11H2/t16-/m1/s1. The van der Waals surface area contributed by atoms with Gasteiger partial charge in [0, 0.05) is 19.5 Å². The van der Waals surface area contributed by atoms with Crippen LogP contribution in [0.2, 0.25) is 0 Å². The molecular formula is C18H21FN4O2S. The van der Waals surface area contributed by atoms with Crippen LogP contribution < -0.4 is 4.90 Å². The quantitative estimate of drug-likeness (QED) is 0.818. The Hall–Kier alpha value is -1.93. The normalized spacial score (nSPS) is 21.2. The van der Waals surface area contributed by atoms with Crippen molar-refractivity contribution in [1.29, 1.82) is 0 Å². The summed E-state index contributed by atoms with van der Waals surface area (Å²) in [5.41, 5.74) is 0.669. The fraction of sp³-hybridized carbons (Fsp3) is 0.500. The summed E-state index contributed by atoms with van der Waals surface area (Å²) < 4.78 is 21.1. The number of aromatic nitrogens is 3. The number of morpholine rings is 1. The number of anilines is 1. The van der Waals surface area contributed by atoms with Gasteiger partial charge in [-0.15, -0.1) is 10.2 Å². The molecular weight excluding hydrogens is 355 g/mol. The monoisotopic (exact) mass is 376 g/mol. The van der Waals surface area contributed by atoms with Gasteiger partial charge in [-0.3, -0.25) is 9.36 Å². The Morgan fingerprint density at radius 3 is 2.81 bits per heavy atom. The molecule has 2 fully saturated rings. The van der Waals surface area contributed by atoms with Gasteiger partial charge in [-0.05, 0) is 31.0 Å². The van der Waals surface area contributed by atoms with Crippen molar-refractivity contribution in [3.8, 4) is 5.69 Å². The Bertz CT molecular complexity index is 791. The molecule has 26 heavy (non-hydrogen) atoms. The number of carbonyl (C=O) groups excluding carboxylic acids is 1. The molecule has 1 saturated heterocycles. The van der Waals surface area contributed by atoms with Gasteiger partial charge in [-0.25, -0.2) is 4.39 Å². The Balaban J connectivity index is 1.71. The SMILES string of the molecule is O=C1CCCC[C@H]1Sc1nnc(N2CCOCC2)n1-c1cccc(F)c1. The molecule has 138 valence electrons. The second kappa shape index (κ2) is 7.75. The van der Waals surface area contributed by atoms with E-state index >= 15 is 0 Å². The Morgan fingerprint density at radius 2 is 2.04 bits per heavy atom. The number of halogens is 1. The maximum absolute atomic E-state index is 13.8. The number of ketones is 1. The molecule has 8 heteroatoms. The van der Waals surface area contributed by atoms with Gasteiger partial charge in [-0.2, -0.15) is 0 Å². The first-order chi connectivity index (χ1) is 12.7. The minimum atomic E-state index is -0.311. The highest BCUT2D eigenvalue weighted by Gasteiger charge is 2.28. The summed E-state index contributed by atoms with van der Waals surface area (Å²) in [5.74, 6) is 0.626. The first-order valence-electron chi connectivity index (χ1n) is 8.96. The molecule has 1 aliphatic heterocycles. The third-order valence-corrected chi connectivity index (χ3v) is 5.98. The molecule has 0 radical (unpaired) electrons. The third kappa shape index (κ3) is 3.61. The number of carbonyl (C=O) groups is 1. The van der Waals surface area contributed by atoms with Crippen molar-refractivity contribution in [1.82, 2.24) is 14.8 Å². The first kappa shape index (κ1) is 17.5. The maximum Gasteiger partial charge on any atom is 0.232 e. The molecule has 2 aromatic rings. The number of thioether (sulfide) groups is 1. The van der Waals surface area contributed by atoms with Crippen molar-refractivity contribution >= 4 is 23.5 Å². The minimum absolute atomic E-state index is 0.0993. The van der Waals surface area contributed by atoms with E-state index in [0.717, 1.165) is 19.3 Å². The van der Waals surface area contributed by atoms with Crippen LogP contribution >= 0.6 is 11.8 Å². The van der Waals surface area contributed by atoms with Gasteiger partial charge in [0.1, 0.15) is 11.6 Å². The molecule has 1 saturated carbocycles. The van der Waals surface area contributed by atoms with Gasteiger partial charge in [0.05, 0.1) is 24.2 Å². The zero-order chi connectivity index (χ0) is 17.9.